The van der Waals surface area contributed by atoms with Crippen LogP contribution in [-0.4, -0.2) is 61.3 Å². The number of aryl methyl sites for hydroxylation is 1. The first-order valence-corrected chi connectivity index (χ1v) is 24.1. The molecule has 8 rings (SSSR count). The molecule has 0 bridgehead atoms. The van der Waals surface area contributed by atoms with E-state index in [2.05, 4.69) is 21.7 Å². The number of benzene rings is 5. The third-order valence-electron chi connectivity index (χ3n) is 11.4. The smallest absolute Gasteiger partial charge is 0.328 e. The van der Waals surface area contributed by atoms with Crippen LogP contribution < -0.4 is 24.8 Å². The van der Waals surface area contributed by atoms with Crippen molar-refractivity contribution in [3.05, 3.63) is 152 Å². The van der Waals surface area contributed by atoms with Gasteiger partial charge >= 0.3 is 5.97 Å². The lowest BCUT2D eigenvalue weighted by atomic mass is 9.93. The number of amides is 2. The monoisotopic (exact) mass is 979 g/mol. The van der Waals surface area contributed by atoms with E-state index in [-0.39, 0.29) is 60.0 Å². The van der Waals surface area contributed by atoms with Gasteiger partial charge in [-0.25, -0.2) is 18.2 Å². The quantitative estimate of drug-likeness (QED) is 0.0995. The van der Waals surface area contributed by atoms with Crippen molar-refractivity contribution in [2.45, 2.75) is 68.7 Å². The standard InChI is InChI=1S/C49H43Cl2N5O9S2/c1-4-45(57)55-49-53-28(2)48(66-49)67(60,61)56-25-36-23-43-42(64-27-44(65-43)34-14-16-37(17-15-34)63-26-31-9-18-38(50)39(51)19-31)22-35(36)21-41(56)46(58)54-40(47(59)62-3)20-29-5-10-32(11-6-29)33-12-7-30(24-52)8-13-33/h5-19,22-23,40-41,44H,4,20-21,25-27H2,1-3H3,(H,54,58)(H,53,55,57)/t40?,41-,44+/m0/s1. The van der Waals surface area contributed by atoms with Crippen molar-refractivity contribution in [1.82, 2.24) is 14.6 Å². The largest absolute Gasteiger partial charge is 0.489 e. The van der Waals surface area contributed by atoms with Gasteiger partial charge in [-0.2, -0.15) is 9.57 Å². The number of carbonyl (C=O) groups excluding carboxylic acids is 3. The molecule has 0 radical (unpaired) electrons. The SMILES string of the molecule is CCC(=O)Nc1nc(C)c(S(=O)(=O)N2Cc3cc4c(cc3C[C@H]2C(=O)NC(Cc2ccc(-c3ccc(C#N)cc3)cc2)C(=O)OC)OC[C@H](c2ccc(OCc3ccc(Cl)c(Cl)c3)cc2)O4)s1. The van der Waals surface area contributed by atoms with E-state index < -0.39 is 40.1 Å². The number of hydrogen-bond donors (Lipinski definition) is 2. The Morgan fingerprint density at radius 1 is 0.925 bits per heavy atom. The summed E-state index contributed by atoms with van der Waals surface area (Å²) in [5.74, 6) is -0.328. The Balaban J connectivity index is 1.04. The summed E-state index contributed by atoms with van der Waals surface area (Å²) in [7, 11) is -3.25. The molecule has 14 nitrogen and oxygen atoms in total. The van der Waals surface area contributed by atoms with Crippen molar-refractivity contribution in [2.24, 2.45) is 0 Å². The lowest BCUT2D eigenvalue weighted by molar-refractivity contribution is -0.145. The maximum Gasteiger partial charge on any atom is 0.328 e. The number of methoxy groups -OCH3 is 1. The fraction of sp³-hybridized carbons (Fsp3) is 0.245. The molecule has 1 unspecified atom stereocenters. The van der Waals surface area contributed by atoms with Gasteiger partial charge in [-0.3, -0.25) is 9.59 Å². The van der Waals surface area contributed by atoms with Gasteiger partial charge in [-0.05, 0) is 101 Å². The van der Waals surface area contributed by atoms with Crippen LogP contribution in [-0.2, 0) is 55.1 Å². The van der Waals surface area contributed by atoms with Crippen molar-refractivity contribution >= 4 is 67.5 Å². The maximum atomic E-state index is 14.8. The van der Waals surface area contributed by atoms with Gasteiger partial charge < -0.3 is 29.6 Å². The normalized spacial score (nSPS) is 15.9. The van der Waals surface area contributed by atoms with Crippen LogP contribution in [0.4, 0.5) is 5.13 Å². The lowest BCUT2D eigenvalue weighted by Gasteiger charge is -2.36. The van der Waals surface area contributed by atoms with Crippen LogP contribution in [0.3, 0.4) is 0 Å². The molecule has 2 amide bonds. The van der Waals surface area contributed by atoms with Crippen LogP contribution in [0.2, 0.25) is 10.0 Å². The van der Waals surface area contributed by atoms with Gasteiger partial charge in [0.25, 0.3) is 10.0 Å². The van der Waals surface area contributed by atoms with E-state index in [1.807, 2.05) is 66.7 Å². The molecule has 67 heavy (non-hydrogen) atoms. The second-order valence-corrected chi connectivity index (χ2v) is 19.7. The molecule has 18 heteroatoms. The molecule has 2 aliphatic rings. The zero-order valence-corrected chi connectivity index (χ0v) is 39.5. The summed E-state index contributed by atoms with van der Waals surface area (Å²) in [6.45, 7) is 3.41. The maximum absolute atomic E-state index is 14.8. The van der Waals surface area contributed by atoms with Gasteiger partial charge in [0.15, 0.2) is 26.9 Å². The Labute approximate surface area is 401 Å². The number of carbonyl (C=O) groups is 3. The van der Waals surface area contributed by atoms with Crippen LogP contribution in [0.25, 0.3) is 11.1 Å². The van der Waals surface area contributed by atoms with E-state index in [1.54, 1.807) is 43.3 Å². The molecule has 0 saturated carbocycles. The molecular formula is C49H43Cl2N5O9S2. The van der Waals surface area contributed by atoms with Crippen molar-refractivity contribution < 1.29 is 41.7 Å². The van der Waals surface area contributed by atoms with Gasteiger partial charge in [0, 0.05) is 19.4 Å². The fourth-order valence-corrected chi connectivity index (χ4v) is 11.2. The highest BCUT2D eigenvalue weighted by atomic mass is 35.5. The van der Waals surface area contributed by atoms with E-state index in [9.17, 15) is 28.1 Å². The predicted molar refractivity (Wildman–Crippen MR) is 253 cm³/mol. The molecule has 0 aliphatic carbocycles. The molecule has 0 saturated heterocycles. The summed E-state index contributed by atoms with van der Waals surface area (Å²) in [5.41, 5.74) is 6.08. The van der Waals surface area contributed by atoms with Gasteiger partial charge in [-0.15, -0.1) is 0 Å². The zero-order chi connectivity index (χ0) is 47.4. The fourth-order valence-electron chi connectivity index (χ4n) is 7.74. The first kappa shape index (κ1) is 47.0. The number of ether oxygens (including phenoxy) is 4. The average molecular weight is 981 g/mol. The summed E-state index contributed by atoms with van der Waals surface area (Å²) in [5, 5.41) is 15.6. The van der Waals surface area contributed by atoms with Crippen LogP contribution in [0.1, 0.15) is 58.5 Å². The number of anilines is 1. The number of nitriles is 1. The summed E-state index contributed by atoms with van der Waals surface area (Å²) in [6.07, 6.45) is -0.373. The highest BCUT2D eigenvalue weighted by molar-refractivity contribution is 7.91. The van der Waals surface area contributed by atoms with E-state index >= 15 is 0 Å². The molecule has 3 atom stereocenters. The first-order chi connectivity index (χ1) is 32.2. The topological polar surface area (TPSA) is 186 Å². The molecule has 2 N–H and O–H groups in total. The Morgan fingerprint density at radius 2 is 1.61 bits per heavy atom. The van der Waals surface area contributed by atoms with Crippen LogP contribution in [0.15, 0.2) is 107 Å². The second kappa shape index (κ2) is 20.2. The number of rotatable bonds is 14. The van der Waals surface area contributed by atoms with E-state index in [0.717, 1.165) is 37.9 Å². The first-order valence-electron chi connectivity index (χ1n) is 21.1. The number of thiazole rings is 1. The minimum atomic E-state index is -4.47. The number of nitrogens with zero attached hydrogens (tertiary/aromatic N) is 3. The highest BCUT2D eigenvalue weighted by Gasteiger charge is 2.43. The van der Waals surface area contributed by atoms with Crippen LogP contribution in [0, 0.1) is 18.3 Å². The Bertz CT molecular complexity index is 3000. The molecular weight excluding hydrogens is 938 g/mol. The van der Waals surface area contributed by atoms with Gasteiger partial charge in [-0.1, -0.05) is 96.1 Å². The van der Waals surface area contributed by atoms with Gasteiger partial charge in [0.2, 0.25) is 11.8 Å². The van der Waals surface area contributed by atoms with E-state index in [4.69, 9.17) is 42.1 Å². The Morgan fingerprint density at radius 3 is 2.28 bits per heavy atom. The van der Waals surface area contributed by atoms with Crippen LogP contribution in [0.5, 0.6) is 17.2 Å². The molecule has 6 aromatic rings. The summed E-state index contributed by atoms with van der Waals surface area (Å²) in [4.78, 5) is 44.4. The van der Waals surface area contributed by atoms with E-state index in [1.165, 1.54) is 14.0 Å². The van der Waals surface area contributed by atoms with Crippen molar-refractivity contribution in [1.29, 1.82) is 5.26 Å². The minimum absolute atomic E-state index is 0.0465. The number of aromatic nitrogens is 1. The molecule has 0 fully saturated rings. The van der Waals surface area contributed by atoms with Crippen molar-refractivity contribution in [3.8, 4) is 34.4 Å². The summed E-state index contributed by atoms with van der Waals surface area (Å²) >= 11 is 13.0. The zero-order valence-electron chi connectivity index (χ0n) is 36.4. The molecule has 0 spiro atoms. The summed E-state index contributed by atoms with van der Waals surface area (Å²) < 4.78 is 54.3. The third-order valence-corrected chi connectivity index (χ3v) is 15.6. The number of sulfonamides is 1. The van der Waals surface area contributed by atoms with Crippen LogP contribution >= 0.6 is 34.5 Å². The van der Waals surface area contributed by atoms with E-state index in [0.29, 0.717) is 49.5 Å². The number of fused-ring (bicyclic) bond motifs is 2. The molecule has 2 aliphatic heterocycles. The molecule has 344 valence electrons. The van der Waals surface area contributed by atoms with Gasteiger partial charge in [0.1, 0.15) is 31.0 Å². The second-order valence-electron chi connectivity index (χ2n) is 15.8. The molecule has 5 aromatic carbocycles. The Kier molecular flexibility index (Phi) is 14.2. The summed E-state index contributed by atoms with van der Waals surface area (Å²) in [6, 6.07) is 30.3. The molecule has 1 aromatic heterocycles. The minimum Gasteiger partial charge on any atom is -0.489 e. The number of halogens is 2. The highest BCUT2D eigenvalue weighted by Crippen LogP contribution is 2.43. The number of nitrogens with one attached hydrogen (secondary N) is 2. The third kappa shape index (κ3) is 10.6. The number of esters is 1. The van der Waals surface area contributed by atoms with Crippen molar-refractivity contribution in [2.75, 3.05) is 19.0 Å². The predicted octanol–water partition coefficient (Wildman–Crippen LogP) is 8.75. The van der Waals surface area contributed by atoms with Gasteiger partial charge in [0.05, 0.1) is 34.5 Å². The van der Waals surface area contributed by atoms with Crippen molar-refractivity contribution in [3.63, 3.8) is 0 Å². The lowest BCUT2D eigenvalue weighted by Crippen LogP contribution is -2.56. The number of hydrogen-bond acceptors (Lipinski definition) is 12. The average Bonchev–Trinajstić information content (AvgIpc) is 3.72. The molecule has 3 heterocycles. The Hall–Kier alpha value is -6.48.